The molecular formula is C28H23BrFN3O7. The molecule has 10 nitrogen and oxygen atoms in total. The van der Waals surface area contributed by atoms with Crippen molar-refractivity contribution >= 4 is 57.1 Å². The van der Waals surface area contributed by atoms with E-state index in [9.17, 15) is 23.6 Å². The van der Waals surface area contributed by atoms with Crippen LogP contribution in [0.3, 0.4) is 0 Å². The molecule has 5 amide bonds. The number of carbonyl (C=O) groups is 4. The van der Waals surface area contributed by atoms with E-state index in [4.69, 9.17) is 14.2 Å². The van der Waals surface area contributed by atoms with Crippen molar-refractivity contribution in [3.63, 3.8) is 0 Å². The molecule has 1 aliphatic heterocycles. The number of amides is 5. The highest BCUT2D eigenvalue weighted by Gasteiger charge is 2.37. The van der Waals surface area contributed by atoms with Crippen LogP contribution in [0.4, 0.5) is 20.6 Å². The van der Waals surface area contributed by atoms with Crippen LogP contribution in [-0.4, -0.2) is 44.1 Å². The van der Waals surface area contributed by atoms with Crippen molar-refractivity contribution in [3.05, 3.63) is 82.1 Å². The molecule has 0 unspecified atom stereocenters. The number of imide groups is 2. The van der Waals surface area contributed by atoms with Gasteiger partial charge in [0.2, 0.25) is 0 Å². The van der Waals surface area contributed by atoms with Gasteiger partial charge in [0, 0.05) is 5.69 Å². The third kappa shape index (κ3) is 6.46. The predicted octanol–water partition coefficient (Wildman–Crippen LogP) is 4.68. The van der Waals surface area contributed by atoms with Crippen LogP contribution in [0.15, 0.2) is 70.7 Å². The number of methoxy groups -OCH3 is 1. The first-order valence-corrected chi connectivity index (χ1v) is 12.7. The van der Waals surface area contributed by atoms with Gasteiger partial charge in [0.05, 0.1) is 23.9 Å². The molecule has 2 N–H and O–H groups in total. The largest absolute Gasteiger partial charge is 0.497 e. The average Bonchev–Trinajstić information content (AvgIpc) is 2.92. The summed E-state index contributed by atoms with van der Waals surface area (Å²) >= 11 is 3.40. The fourth-order valence-electron chi connectivity index (χ4n) is 3.73. The molecule has 1 heterocycles. The van der Waals surface area contributed by atoms with Crippen molar-refractivity contribution in [1.82, 2.24) is 5.32 Å². The number of barbiturate groups is 1. The van der Waals surface area contributed by atoms with Crippen molar-refractivity contribution in [2.75, 3.05) is 30.5 Å². The molecule has 3 aromatic rings. The van der Waals surface area contributed by atoms with Crippen LogP contribution < -0.4 is 29.7 Å². The van der Waals surface area contributed by atoms with Gasteiger partial charge in [-0.25, -0.2) is 14.1 Å². The number of hydrogen-bond donors (Lipinski definition) is 2. The quantitative estimate of drug-likeness (QED) is 0.266. The molecule has 206 valence electrons. The monoisotopic (exact) mass is 611 g/mol. The van der Waals surface area contributed by atoms with Crippen molar-refractivity contribution in [2.24, 2.45) is 0 Å². The summed E-state index contributed by atoms with van der Waals surface area (Å²) in [7, 11) is 1.54. The molecule has 0 atom stereocenters. The van der Waals surface area contributed by atoms with E-state index in [2.05, 4.69) is 26.6 Å². The number of carbonyl (C=O) groups excluding carboxylic acids is 4. The summed E-state index contributed by atoms with van der Waals surface area (Å²) in [4.78, 5) is 51.2. The molecule has 4 rings (SSSR count). The highest BCUT2D eigenvalue weighted by Crippen LogP contribution is 2.38. The van der Waals surface area contributed by atoms with Crippen LogP contribution in [0.25, 0.3) is 6.08 Å². The number of benzene rings is 3. The van der Waals surface area contributed by atoms with Gasteiger partial charge in [0.25, 0.3) is 17.7 Å². The maximum absolute atomic E-state index is 13.3. The van der Waals surface area contributed by atoms with Gasteiger partial charge in [0.1, 0.15) is 17.1 Å². The molecule has 1 fully saturated rings. The van der Waals surface area contributed by atoms with Gasteiger partial charge in [-0.3, -0.25) is 19.7 Å². The lowest BCUT2D eigenvalue weighted by Crippen LogP contribution is -2.54. The first-order chi connectivity index (χ1) is 19.2. The minimum atomic E-state index is -0.952. The molecule has 0 radical (unpaired) electrons. The Bertz CT molecular complexity index is 1490. The zero-order valence-electron chi connectivity index (χ0n) is 21.3. The van der Waals surface area contributed by atoms with Crippen LogP contribution in [-0.2, 0) is 14.4 Å². The molecule has 40 heavy (non-hydrogen) atoms. The number of rotatable bonds is 9. The number of urea groups is 1. The molecule has 0 aromatic heterocycles. The topological polar surface area (TPSA) is 123 Å². The van der Waals surface area contributed by atoms with E-state index in [0.717, 1.165) is 17.0 Å². The van der Waals surface area contributed by atoms with E-state index >= 15 is 0 Å². The lowest BCUT2D eigenvalue weighted by atomic mass is 10.1. The van der Waals surface area contributed by atoms with Crippen molar-refractivity contribution in [3.8, 4) is 17.2 Å². The Hall–Kier alpha value is -4.71. The second kappa shape index (κ2) is 12.4. The number of nitrogens with one attached hydrogen (secondary N) is 2. The smallest absolute Gasteiger partial charge is 0.335 e. The van der Waals surface area contributed by atoms with Gasteiger partial charge in [0.15, 0.2) is 18.1 Å². The number of hydrogen-bond acceptors (Lipinski definition) is 7. The molecule has 0 aliphatic carbocycles. The number of anilines is 2. The standard InChI is InChI=1S/C28H23BrFN3O7/c1-3-39-23-14-16(12-21-26(35)32-28(37)33(27(21)36)19-8-4-17(30)5-9-19)13-22(29)25(23)40-15-24(34)31-18-6-10-20(38-2)11-7-18/h4-14H,3,15H2,1-2H3,(H,31,34)(H,32,35,37)/b21-12+. The number of nitrogens with zero attached hydrogens (tertiary/aromatic N) is 1. The minimum Gasteiger partial charge on any atom is -0.497 e. The van der Waals surface area contributed by atoms with E-state index in [1.165, 1.54) is 24.3 Å². The summed E-state index contributed by atoms with van der Waals surface area (Å²) in [5.74, 6) is -1.61. The summed E-state index contributed by atoms with van der Waals surface area (Å²) in [6.45, 7) is 1.68. The summed E-state index contributed by atoms with van der Waals surface area (Å²) in [6.07, 6.45) is 1.29. The van der Waals surface area contributed by atoms with E-state index in [1.807, 2.05) is 0 Å². The Morgan fingerprint density at radius 1 is 1.05 bits per heavy atom. The van der Waals surface area contributed by atoms with E-state index in [-0.39, 0.29) is 36.0 Å². The average molecular weight is 612 g/mol. The molecule has 1 aliphatic rings. The van der Waals surface area contributed by atoms with Crippen molar-refractivity contribution in [1.29, 1.82) is 0 Å². The first kappa shape index (κ1) is 28.3. The lowest BCUT2D eigenvalue weighted by molar-refractivity contribution is -0.122. The highest BCUT2D eigenvalue weighted by atomic mass is 79.9. The molecule has 3 aromatic carbocycles. The number of halogens is 2. The Labute approximate surface area is 236 Å². The molecule has 12 heteroatoms. The Kier molecular flexibility index (Phi) is 8.80. The second-order valence-electron chi connectivity index (χ2n) is 8.26. The van der Waals surface area contributed by atoms with Gasteiger partial charge in [-0.2, -0.15) is 0 Å². The summed E-state index contributed by atoms with van der Waals surface area (Å²) in [5, 5.41) is 4.83. The molecular weight excluding hydrogens is 589 g/mol. The lowest BCUT2D eigenvalue weighted by Gasteiger charge is -2.26. The fraction of sp³-hybridized carbons (Fsp3) is 0.143. The van der Waals surface area contributed by atoms with E-state index in [1.54, 1.807) is 44.4 Å². The maximum atomic E-state index is 13.3. The predicted molar refractivity (Wildman–Crippen MR) is 148 cm³/mol. The third-order valence-electron chi connectivity index (χ3n) is 5.55. The van der Waals surface area contributed by atoms with Crippen LogP contribution in [0.5, 0.6) is 17.2 Å². The second-order valence-corrected chi connectivity index (χ2v) is 9.12. The summed E-state index contributed by atoms with van der Waals surface area (Å²) < 4.78 is 30.2. The molecule has 1 saturated heterocycles. The van der Waals surface area contributed by atoms with Gasteiger partial charge in [-0.05, 0) is 95.2 Å². The van der Waals surface area contributed by atoms with Crippen molar-refractivity contribution < 1.29 is 37.8 Å². The molecule has 0 bridgehead atoms. The van der Waals surface area contributed by atoms with Crippen LogP contribution in [0, 0.1) is 5.82 Å². The van der Waals surface area contributed by atoms with Crippen LogP contribution >= 0.6 is 15.9 Å². The normalized spacial score (nSPS) is 14.2. The number of ether oxygens (including phenoxy) is 3. The zero-order valence-corrected chi connectivity index (χ0v) is 22.9. The Morgan fingerprint density at radius 2 is 1.75 bits per heavy atom. The fourth-order valence-corrected chi connectivity index (χ4v) is 4.31. The highest BCUT2D eigenvalue weighted by molar-refractivity contribution is 9.10. The van der Waals surface area contributed by atoms with Gasteiger partial charge in [-0.15, -0.1) is 0 Å². The first-order valence-electron chi connectivity index (χ1n) is 11.9. The summed E-state index contributed by atoms with van der Waals surface area (Å²) in [5.41, 5.74) is 0.697. The molecule has 0 spiro atoms. The van der Waals surface area contributed by atoms with Crippen molar-refractivity contribution in [2.45, 2.75) is 6.92 Å². The van der Waals surface area contributed by atoms with Gasteiger partial charge in [-0.1, -0.05) is 0 Å². The van der Waals surface area contributed by atoms with Gasteiger partial charge >= 0.3 is 6.03 Å². The zero-order chi connectivity index (χ0) is 28.8. The third-order valence-corrected chi connectivity index (χ3v) is 6.14. The molecule has 0 saturated carbocycles. The van der Waals surface area contributed by atoms with E-state index < -0.39 is 29.6 Å². The SMILES string of the molecule is CCOc1cc(/C=C2\C(=O)NC(=O)N(c3ccc(F)cc3)C2=O)cc(Br)c1OCC(=O)Nc1ccc(OC)cc1. The summed E-state index contributed by atoms with van der Waals surface area (Å²) in [6, 6.07) is 13.6. The van der Waals surface area contributed by atoms with Gasteiger partial charge < -0.3 is 19.5 Å². The Morgan fingerprint density at radius 3 is 2.40 bits per heavy atom. The Balaban J connectivity index is 1.55. The van der Waals surface area contributed by atoms with E-state index in [0.29, 0.717) is 21.5 Å². The van der Waals surface area contributed by atoms with Crippen LogP contribution in [0.1, 0.15) is 12.5 Å². The minimum absolute atomic E-state index is 0.0927. The van der Waals surface area contributed by atoms with Crippen LogP contribution in [0.2, 0.25) is 0 Å². The maximum Gasteiger partial charge on any atom is 0.335 e.